The molecule has 0 spiro atoms. The van der Waals surface area contributed by atoms with E-state index in [0.717, 1.165) is 25.8 Å². The summed E-state index contributed by atoms with van der Waals surface area (Å²) in [5, 5.41) is 3.45. The van der Waals surface area contributed by atoms with E-state index >= 15 is 0 Å². The van der Waals surface area contributed by atoms with E-state index in [1.54, 1.807) is 0 Å². The first-order chi connectivity index (χ1) is 6.61. The van der Waals surface area contributed by atoms with Crippen molar-refractivity contribution in [2.75, 3.05) is 12.8 Å². The third-order valence-corrected chi connectivity index (χ3v) is 3.23. The highest BCUT2D eigenvalue weighted by molar-refractivity contribution is 7.99. The Bertz CT molecular complexity index is 164. The number of rotatable bonds is 7. The Balaban J connectivity index is 3.53. The second-order valence-electron chi connectivity index (χ2n) is 3.52. The molecule has 1 unspecified atom stereocenters. The number of carbonyl (C=O) groups excluding carboxylic acids is 1. The zero-order valence-corrected chi connectivity index (χ0v) is 10.2. The third-order valence-electron chi connectivity index (χ3n) is 2.19. The molecule has 0 saturated carbocycles. The van der Waals surface area contributed by atoms with Gasteiger partial charge in [-0.15, -0.1) is 0 Å². The highest BCUT2D eigenvalue weighted by atomic mass is 32.2. The van der Waals surface area contributed by atoms with Crippen LogP contribution in [0.3, 0.4) is 0 Å². The normalized spacial score (nSPS) is 14.9. The highest BCUT2D eigenvalue weighted by Crippen LogP contribution is 2.07. The Hall–Kier alpha value is -0.220. The Morgan fingerprint density at radius 2 is 2.14 bits per heavy atom. The number of thioether (sulfide) groups is 1. The first-order valence-corrected chi connectivity index (χ1v) is 6.46. The lowest BCUT2D eigenvalue weighted by molar-refractivity contribution is -0.122. The molecule has 2 atom stereocenters. The highest BCUT2D eigenvalue weighted by Gasteiger charge is 2.11. The predicted molar refractivity (Wildman–Crippen MR) is 63.5 cm³/mol. The molecule has 0 aromatic heterocycles. The number of nitrogens with one attached hydrogen (secondary N) is 1. The summed E-state index contributed by atoms with van der Waals surface area (Å²) in [5.41, 5.74) is 5.66. The van der Waals surface area contributed by atoms with Crippen molar-refractivity contribution >= 4 is 17.7 Å². The third kappa shape index (κ3) is 6.27. The minimum absolute atomic E-state index is 0.0137. The zero-order valence-electron chi connectivity index (χ0n) is 9.38. The smallest absolute Gasteiger partial charge is 0.236 e. The van der Waals surface area contributed by atoms with Crippen molar-refractivity contribution in [3.05, 3.63) is 0 Å². The molecule has 84 valence electrons. The molecule has 0 heterocycles. The van der Waals surface area contributed by atoms with E-state index in [-0.39, 0.29) is 11.9 Å². The van der Waals surface area contributed by atoms with Crippen LogP contribution in [0.1, 0.15) is 33.1 Å². The summed E-state index contributed by atoms with van der Waals surface area (Å²) in [4.78, 5) is 11.4. The van der Waals surface area contributed by atoms with Gasteiger partial charge in [-0.25, -0.2) is 0 Å². The van der Waals surface area contributed by atoms with Gasteiger partial charge < -0.3 is 11.1 Å². The number of hydrogen-bond donors (Lipinski definition) is 2. The summed E-state index contributed by atoms with van der Waals surface area (Å²) in [6, 6.07) is -0.329. The summed E-state index contributed by atoms with van der Waals surface area (Å²) < 4.78 is 0. The number of nitrogens with two attached hydrogens (primary N) is 1. The fourth-order valence-electron chi connectivity index (χ4n) is 1.09. The van der Waals surface area contributed by atoms with Gasteiger partial charge in [-0.05, 0) is 19.1 Å². The van der Waals surface area contributed by atoms with Crippen LogP contribution in [0.15, 0.2) is 0 Å². The molecular weight excluding hydrogens is 196 g/mol. The lowest BCUT2D eigenvalue weighted by Gasteiger charge is -2.12. The lowest BCUT2D eigenvalue weighted by atomic mass is 10.1. The maximum atomic E-state index is 11.4. The maximum Gasteiger partial charge on any atom is 0.236 e. The van der Waals surface area contributed by atoms with Gasteiger partial charge in [-0.3, -0.25) is 4.79 Å². The quantitative estimate of drug-likeness (QED) is 0.678. The topological polar surface area (TPSA) is 55.1 Å². The molecule has 0 aromatic carbocycles. The van der Waals surface area contributed by atoms with E-state index in [1.807, 2.05) is 18.7 Å². The summed E-state index contributed by atoms with van der Waals surface area (Å²) in [7, 11) is 0. The molecule has 0 aliphatic heterocycles. The van der Waals surface area contributed by atoms with Crippen LogP contribution in [0.2, 0.25) is 0 Å². The molecule has 1 amide bonds. The van der Waals surface area contributed by atoms with Crippen molar-refractivity contribution in [3.63, 3.8) is 0 Å². The molecule has 4 heteroatoms. The molecule has 0 fully saturated rings. The number of hydrogen-bond acceptors (Lipinski definition) is 3. The van der Waals surface area contributed by atoms with Gasteiger partial charge in [-0.1, -0.05) is 20.3 Å². The van der Waals surface area contributed by atoms with E-state index in [4.69, 9.17) is 5.73 Å². The van der Waals surface area contributed by atoms with Gasteiger partial charge in [0.1, 0.15) is 0 Å². The number of carbonyl (C=O) groups is 1. The monoisotopic (exact) mass is 218 g/mol. The second kappa shape index (κ2) is 8.12. The van der Waals surface area contributed by atoms with E-state index in [9.17, 15) is 4.79 Å². The standard InChI is InChI=1S/C10H22N2OS/c1-4-5-9(11)10(13)12-7-6-8(2)14-3/h8-9H,4-7,11H2,1-3H3,(H,12,13)/t8?,9-/m1/s1. The van der Waals surface area contributed by atoms with Gasteiger partial charge in [0.05, 0.1) is 6.04 Å². The maximum absolute atomic E-state index is 11.4. The van der Waals surface area contributed by atoms with Crippen molar-refractivity contribution in [3.8, 4) is 0 Å². The van der Waals surface area contributed by atoms with Crippen LogP contribution < -0.4 is 11.1 Å². The zero-order chi connectivity index (χ0) is 11.0. The summed E-state index contributed by atoms with van der Waals surface area (Å²) in [5.74, 6) is -0.0137. The second-order valence-corrected chi connectivity index (χ2v) is 4.80. The molecule has 3 N–H and O–H groups in total. The van der Waals surface area contributed by atoms with Gasteiger partial charge >= 0.3 is 0 Å². The SMILES string of the molecule is CCC[C@@H](N)C(=O)NCCC(C)SC. The van der Waals surface area contributed by atoms with Crippen molar-refractivity contribution in [1.29, 1.82) is 0 Å². The van der Waals surface area contributed by atoms with Crippen molar-refractivity contribution < 1.29 is 4.79 Å². The van der Waals surface area contributed by atoms with Crippen LogP contribution in [-0.2, 0) is 4.79 Å². The summed E-state index contributed by atoms with van der Waals surface area (Å²) in [6.45, 7) is 4.92. The lowest BCUT2D eigenvalue weighted by Crippen LogP contribution is -2.41. The first-order valence-electron chi connectivity index (χ1n) is 5.17. The summed E-state index contributed by atoms with van der Waals surface area (Å²) >= 11 is 1.81. The van der Waals surface area contributed by atoms with Crippen molar-refractivity contribution in [2.45, 2.75) is 44.4 Å². The average Bonchev–Trinajstić information content (AvgIpc) is 2.17. The molecule has 14 heavy (non-hydrogen) atoms. The van der Waals surface area contributed by atoms with Gasteiger partial charge in [0, 0.05) is 11.8 Å². The first kappa shape index (κ1) is 13.8. The molecule has 3 nitrogen and oxygen atoms in total. The Morgan fingerprint density at radius 1 is 1.50 bits per heavy atom. The minimum atomic E-state index is -0.329. The molecule has 0 aliphatic rings. The Morgan fingerprint density at radius 3 is 2.64 bits per heavy atom. The van der Waals surface area contributed by atoms with Crippen LogP contribution in [-0.4, -0.2) is 30.0 Å². The molecule has 0 radical (unpaired) electrons. The van der Waals surface area contributed by atoms with E-state index in [1.165, 1.54) is 0 Å². The van der Waals surface area contributed by atoms with E-state index in [2.05, 4.69) is 18.5 Å². The van der Waals surface area contributed by atoms with Gasteiger partial charge in [0.15, 0.2) is 0 Å². The average molecular weight is 218 g/mol. The van der Waals surface area contributed by atoms with E-state index in [0.29, 0.717) is 5.25 Å². The number of amides is 1. The van der Waals surface area contributed by atoms with Gasteiger partial charge in [0.25, 0.3) is 0 Å². The Labute approximate surface area is 91.2 Å². The minimum Gasteiger partial charge on any atom is -0.355 e. The van der Waals surface area contributed by atoms with Gasteiger partial charge in [-0.2, -0.15) is 11.8 Å². The Kier molecular flexibility index (Phi) is 7.99. The predicted octanol–water partition coefficient (Wildman–Crippen LogP) is 1.37. The van der Waals surface area contributed by atoms with Crippen LogP contribution >= 0.6 is 11.8 Å². The van der Waals surface area contributed by atoms with Crippen LogP contribution in [0.25, 0.3) is 0 Å². The van der Waals surface area contributed by atoms with Gasteiger partial charge in [0.2, 0.25) is 5.91 Å². The molecule has 0 aromatic rings. The molecule has 0 rings (SSSR count). The molecule has 0 bridgehead atoms. The van der Waals surface area contributed by atoms with Crippen LogP contribution in [0, 0.1) is 0 Å². The molecule has 0 aliphatic carbocycles. The fourth-order valence-corrected chi connectivity index (χ4v) is 1.44. The van der Waals surface area contributed by atoms with Crippen LogP contribution in [0.5, 0.6) is 0 Å². The van der Waals surface area contributed by atoms with Crippen LogP contribution in [0.4, 0.5) is 0 Å². The molecular formula is C10H22N2OS. The van der Waals surface area contributed by atoms with Crippen molar-refractivity contribution in [1.82, 2.24) is 5.32 Å². The van der Waals surface area contributed by atoms with E-state index < -0.39 is 0 Å². The largest absolute Gasteiger partial charge is 0.355 e. The molecule has 0 saturated heterocycles. The van der Waals surface area contributed by atoms with Crippen molar-refractivity contribution in [2.24, 2.45) is 5.73 Å². The summed E-state index contributed by atoms with van der Waals surface area (Å²) in [6.07, 6.45) is 4.81. The fraction of sp³-hybridized carbons (Fsp3) is 0.900.